The summed E-state index contributed by atoms with van der Waals surface area (Å²) in [5.74, 6) is 1.84. The van der Waals surface area contributed by atoms with Crippen molar-refractivity contribution in [1.29, 1.82) is 0 Å². The number of carbonyl (C=O) groups is 1. The Bertz CT molecular complexity index is 1520. The highest BCUT2D eigenvalue weighted by molar-refractivity contribution is 6.32. The smallest absolute Gasteiger partial charge is 0.320 e. The van der Waals surface area contributed by atoms with Crippen molar-refractivity contribution in [2.45, 2.75) is 57.9 Å². The number of halogens is 1. The zero-order valence-corrected chi connectivity index (χ0v) is 26.4. The summed E-state index contributed by atoms with van der Waals surface area (Å²) in [6.45, 7) is 7.20. The third kappa shape index (κ3) is 7.49. The minimum atomic E-state index is -0.801. The minimum absolute atomic E-state index is 0.292. The molecule has 3 aliphatic rings. The summed E-state index contributed by atoms with van der Waals surface area (Å²) >= 11 is 6.80. The number of aliphatic hydroxyl groups is 1. The number of rotatable bonds is 11. The first-order valence-corrected chi connectivity index (χ1v) is 16.2. The first-order valence-electron chi connectivity index (χ1n) is 15.8. The molecule has 0 saturated carbocycles. The van der Waals surface area contributed by atoms with Crippen LogP contribution in [0, 0.1) is 6.92 Å². The van der Waals surface area contributed by atoms with Crippen molar-refractivity contribution < 1.29 is 34.0 Å². The van der Waals surface area contributed by atoms with Crippen LogP contribution < -0.4 is 18.9 Å². The zero-order chi connectivity index (χ0) is 31.3. The number of β-amino-alcohol motifs (C(OH)–C–C–N with tert-alkyl or cyclic N) is 1. The highest BCUT2D eigenvalue weighted by Gasteiger charge is 2.29. The molecule has 0 radical (unpaired) electrons. The molecular weight excluding hydrogens is 596 g/mol. The van der Waals surface area contributed by atoms with Gasteiger partial charge in [0.25, 0.3) is 0 Å². The number of piperidine rings is 1. The lowest BCUT2D eigenvalue weighted by molar-refractivity contribution is -0.144. The van der Waals surface area contributed by atoms with Crippen molar-refractivity contribution in [3.63, 3.8) is 0 Å². The SMILES string of the molecule is Cc1c(COc2cc(OCCN3CC[C@@H](O)C3)c(CN3CCCC[C@H]3C(=O)O)cc2Cl)cccc1-c1ccc2c(c1)OCCO2. The number of hydrogen-bond acceptors (Lipinski definition) is 8. The molecule has 240 valence electrons. The van der Waals surface area contributed by atoms with Crippen molar-refractivity contribution in [2.75, 3.05) is 46.0 Å². The van der Waals surface area contributed by atoms with E-state index >= 15 is 0 Å². The van der Waals surface area contributed by atoms with Gasteiger partial charge in [-0.1, -0.05) is 42.3 Å². The predicted molar refractivity (Wildman–Crippen MR) is 172 cm³/mol. The van der Waals surface area contributed by atoms with Crippen LogP contribution in [0.25, 0.3) is 11.1 Å². The Morgan fingerprint density at radius 3 is 2.62 bits per heavy atom. The second kappa shape index (κ2) is 14.3. The maximum absolute atomic E-state index is 12.0. The highest BCUT2D eigenvalue weighted by Crippen LogP contribution is 2.38. The molecule has 0 aliphatic carbocycles. The second-order valence-corrected chi connectivity index (χ2v) is 12.4. The summed E-state index contributed by atoms with van der Waals surface area (Å²) in [7, 11) is 0. The Labute approximate surface area is 269 Å². The molecule has 0 bridgehead atoms. The molecule has 2 saturated heterocycles. The summed E-state index contributed by atoms with van der Waals surface area (Å²) in [6, 6.07) is 15.3. The third-order valence-corrected chi connectivity index (χ3v) is 9.28. The van der Waals surface area contributed by atoms with Gasteiger partial charge < -0.3 is 29.2 Å². The number of carboxylic acids is 1. The van der Waals surface area contributed by atoms with Crippen LogP contribution in [0.4, 0.5) is 0 Å². The molecule has 3 heterocycles. The number of likely N-dealkylation sites (tertiary alicyclic amines) is 2. The Morgan fingerprint density at radius 1 is 0.978 bits per heavy atom. The molecule has 3 aromatic rings. The van der Waals surface area contributed by atoms with E-state index in [1.807, 2.05) is 47.4 Å². The highest BCUT2D eigenvalue weighted by atomic mass is 35.5. The van der Waals surface area contributed by atoms with Gasteiger partial charge in [-0.25, -0.2) is 0 Å². The van der Waals surface area contributed by atoms with E-state index in [4.69, 9.17) is 30.5 Å². The summed E-state index contributed by atoms with van der Waals surface area (Å²) in [4.78, 5) is 16.2. The minimum Gasteiger partial charge on any atom is -0.492 e. The van der Waals surface area contributed by atoms with Gasteiger partial charge in [0.2, 0.25) is 0 Å². The van der Waals surface area contributed by atoms with Crippen LogP contribution in [0.3, 0.4) is 0 Å². The molecule has 0 aromatic heterocycles. The van der Waals surface area contributed by atoms with E-state index in [1.54, 1.807) is 0 Å². The lowest BCUT2D eigenvalue weighted by Crippen LogP contribution is -2.44. The number of aliphatic hydroxyl groups excluding tert-OH is 1. The topological polar surface area (TPSA) is 101 Å². The van der Waals surface area contributed by atoms with Gasteiger partial charge in [-0.2, -0.15) is 0 Å². The monoisotopic (exact) mass is 636 g/mol. The van der Waals surface area contributed by atoms with E-state index < -0.39 is 12.0 Å². The average molecular weight is 637 g/mol. The van der Waals surface area contributed by atoms with E-state index in [0.29, 0.717) is 75.5 Å². The second-order valence-electron chi connectivity index (χ2n) is 12.0. The molecule has 2 fully saturated rings. The van der Waals surface area contributed by atoms with E-state index in [2.05, 4.69) is 17.9 Å². The van der Waals surface area contributed by atoms with Gasteiger partial charge >= 0.3 is 5.97 Å². The van der Waals surface area contributed by atoms with Gasteiger partial charge in [0.1, 0.15) is 44.0 Å². The Kier molecular flexibility index (Phi) is 10.00. The predicted octanol–water partition coefficient (Wildman–Crippen LogP) is 5.55. The molecule has 0 spiro atoms. The largest absolute Gasteiger partial charge is 0.492 e. The summed E-state index contributed by atoms with van der Waals surface area (Å²) in [6.07, 6.45) is 2.96. The molecule has 2 atom stereocenters. The molecule has 2 N–H and O–H groups in total. The number of carboxylic acid groups (broad SMARTS) is 1. The third-order valence-electron chi connectivity index (χ3n) is 8.98. The van der Waals surface area contributed by atoms with E-state index in [0.717, 1.165) is 65.1 Å². The Morgan fingerprint density at radius 2 is 1.82 bits per heavy atom. The first-order chi connectivity index (χ1) is 21.9. The van der Waals surface area contributed by atoms with Crippen LogP contribution in [-0.2, 0) is 17.9 Å². The van der Waals surface area contributed by atoms with Crippen LogP contribution in [0.15, 0.2) is 48.5 Å². The maximum Gasteiger partial charge on any atom is 0.320 e. The summed E-state index contributed by atoms with van der Waals surface area (Å²) in [5.41, 5.74) is 5.07. The molecule has 3 aromatic carbocycles. The van der Waals surface area contributed by atoms with Crippen molar-refractivity contribution in [1.82, 2.24) is 9.80 Å². The van der Waals surface area contributed by atoms with Gasteiger partial charge in [-0.05, 0) is 73.2 Å². The fourth-order valence-corrected chi connectivity index (χ4v) is 6.68. The van der Waals surface area contributed by atoms with Crippen molar-refractivity contribution in [2.24, 2.45) is 0 Å². The fraction of sp³-hybridized carbons (Fsp3) is 0.457. The molecule has 0 unspecified atom stereocenters. The molecular formula is C35H41ClN2O7. The van der Waals surface area contributed by atoms with Crippen LogP contribution in [0.1, 0.15) is 42.4 Å². The molecule has 6 rings (SSSR count). The molecule has 0 amide bonds. The number of fused-ring (bicyclic) bond motifs is 1. The molecule has 3 aliphatic heterocycles. The summed E-state index contributed by atoms with van der Waals surface area (Å²) in [5, 5.41) is 20.2. The summed E-state index contributed by atoms with van der Waals surface area (Å²) < 4.78 is 24.1. The fourth-order valence-electron chi connectivity index (χ4n) is 6.44. The van der Waals surface area contributed by atoms with Gasteiger partial charge in [-0.15, -0.1) is 0 Å². The van der Waals surface area contributed by atoms with Crippen LogP contribution in [0.5, 0.6) is 23.0 Å². The number of hydrogen-bond donors (Lipinski definition) is 2. The number of nitrogens with zero attached hydrogens (tertiary/aromatic N) is 2. The van der Waals surface area contributed by atoms with Gasteiger partial charge in [0.15, 0.2) is 11.5 Å². The quantitative estimate of drug-likeness (QED) is 0.281. The average Bonchev–Trinajstić information content (AvgIpc) is 3.46. The Hall–Kier alpha value is -3.50. The van der Waals surface area contributed by atoms with Crippen LogP contribution >= 0.6 is 11.6 Å². The normalized spacial score (nSPS) is 20.2. The number of aliphatic carboxylic acids is 1. The number of benzene rings is 3. The molecule has 10 heteroatoms. The van der Waals surface area contributed by atoms with Crippen molar-refractivity contribution in [3.8, 4) is 34.1 Å². The Balaban J connectivity index is 1.21. The molecule has 45 heavy (non-hydrogen) atoms. The van der Waals surface area contributed by atoms with Crippen LogP contribution in [-0.4, -0.2) is 84.1 Å². The van der Waals surface area contributed by atoms with Gasteiger partial charge in [0.05, 0.1) is 11.1 Å². The standard InChI is InChI=1S/C35H41ClN2O7/c1-23-25(5-4-6-28(23)24-8-9-31-34(18-24)44-16-15-43-31)22-45-33-19-32(42-14-13-37-12-10-27(39)21-37)26(17-29(33)36)20-38-11-3-2-7-30(38)35(40)41/h4-6,8-9,17-19,27,30,39H,2-3,7,10-16,20-22H2,1H3,(H,40,41)/t27-,30+/m1/s1. The van der Waals surface area contributed by atoms with Crippen molar-refractivity contribution >= 4 is 17.6 Å². The van der Waals surface area contributed by atoms with Gasteiger partial charge in [-0.3, -0.25) is 14.6 Å². The maximum atomic E-state index is 12.0. The zero-order valence-electron chi connectivity index (χ0n) is 25.7. The lowest BCUT2D eigenvalue weighted by atomic mass is 9.96. The van der Waals surface area contributed by atoms with E-state index in [1.165, 1.54) is 0 Å². The lowest BCUT2D eigenvalue weighted by Gasteiger charge is -2.33. The van der Waals surface area contributed by atoms with E-state index in [-0.39, 0.29) is 6.10 Å². The number of ether oxygens (including phenoxy) is 4. The molecule has 9 nitrogen and oxygen atoms in total. The van der Waals surface area contributed by atoms with Crippen molar-refractivity contribution in [3.05, 3.63) is 70.2 Å². The first kappa shape index (κ1) is 31.5. The van der Waals surface area contributed by atoms with Gasteiger partial charge in [0, 0.05) is 37.8 Å². The van der Waals surface area contributed by atoms with Crippen LogP contribution in [0.2, 0.25) is 5.02 Å². The van der Waals surface area contributed by atoms with E-state index in [9.17, 15) is 15.0 Å².